The number of hydrogen-bond donors (Lipinski definition) is 0. The highest BCUT2D eigenvalue weighted by molar-refractivity contribution is 6.36. The molecule has 0 aromatic rings. The first-order valence-electron chi connectivity index (χ1n) is 8.05. The second-order valence-corrected chi connectivity index (χ2v) is 6.26. The molecule has 3 heteroatoms. The Kier molecular flexibility index (Phi) is 5.41. The van der Waals surface area contributed by atoms with Crippen molar-refractivity contribution in [2.45, 2.75) is 77.2 Å². The maximum Gasteiger partial charge on any atom is 0.290 e. The highest BCUT2D eigenvalue weighted by Gasteiger charge is 2.32. The van der Waals surface area contributed by atoms with Gasteiger partial charge in [-0.1, -0.05) is 45.4 Å². The Bertz CT molecular complexity index is 319. The van der Waals surface area contributed by atoms with Crippen LogP contribution in [-0.4, -0.2) is 29.2 Å². The molecule has 0 spiro atoms. The number of nitrogens with zero attached hydrogens (tertiary/aromatic N) is 1. The van der Waals surface area contributed by atoms with Crippen LogP contribution in [0.2, 0.25) is 0 Å². The van der Waals surface area contributed by atoms with Gasteiger partial charge in [-0.25, -0.2) is 0 Å². The molecule has 2 fully saturated rings. The van der Waals surface area contributed by atoms with Crippen molar-refractivity contribution in [1.29, 1.82) is 0 Å². The highest BCUT2D eigenvalue weighted by Crippen LogP contribution is 2.24. The van der Waals surface area contributed by atoms with Gasteiger partial charge in [-0.05, 0) is 25.7 Å². The molecule has 1 heterocycles. The Morgan fingerprint density at radius 1 is 0.842 bits per heavy atom. The molecule has 2 rings (SSSR count). The van der Waals surface area contributed by atoms with Crippen LogP contribution >= 0.6 is 0 Å². The van der Waals surface area contributed by atoms with E-state index in [0.29, 0.717) is 6.04 Å². The van der Waals surface area contributed by atoms with Gasteiger partial charge in [0, 0.05) is 18.5 Å². The van der Waals surface area contributed by atoms with Gasteiger partial charge >= 0.3 is 0 Å². The Labute approximate surface area is 116 Å². The van der Waals surface area contributed by atoms with E-state index in [-0.39, 0.29) is 17.6 Å². The van der Waals surface area contributed by atoms with Crippen LogP contribution in [0.5, 0.6) is 0 Å². The molecule has 1 unspecified atom stereocenters. The summed E-state index contributed by atoms with van der Waals surface area (Å²) in [6.45, 7) is 2.70. The molecule has 108 valence electrons. The molecule has 3 nitrogen and oxygen atoms in total. The van der Waals surface area contributed by atoms with Crippen LogP contribution in [-0.2, 0) is 9.59 Å². The van der Waals surface area contributed by atoms with Crippen LogP contribution in [0.3, 0.4) is 0 Å². The first-order valence-corrected chi connectivity index (χ1v) is 8.05. The molecule has 1 saturated carbocycles. The molecule has 0 N–H and O–H groups in total. The van der Waals surface area contributed by atoms with Gasteiger partial charge in [-0.15, -0.1) is 0 Å². The number of hydrogen-bond acceptors (Lipinski definition) is 2. The minimum absolute atomic E-state index is 0.0798. The number of rotatable bonds is 1. The van der Waals surface area contributed by atoms with Crippen LogP contribution in [0.4, 0.5) is 0 Å². The minimum Gasteiger partial charge on any atom is -0.333 e. The fraction of sp³-hybridized carbons (Fsp3) is 0.875. The van der Waals surface area contributed by atoms with Gasteiger partial charge in [0.15, 0.2) is 0 Å². The summed E-state index contributed by atoms with van der Waals surface area (Å²) in [5.74, 6) is -0.427. The number of Topliss-reactive ketones (excluding diaryl/α,β-unsaturated/α-hetero) is 1. The molecule has 0 aromatic heterocycles. The lowest BCUT2D eigenvalue weighted by atomic mass is 9.92. The van der Waals surface area contributed by atoms with E-state index in [0.717, 1.165) is 38.6 Å². The molecule has 1 aliphatic carbocycles. The zero-order valence-corrected chi connectivity index (χ0v) is 12.2. The molecule has 1 saturated heterocycles. The second kappa shape index (κ2) is 7.06. The molecular weight excluding hydrogens is 238 g/mol. The molecule has 0 aromatic carbocycles. The first kappa shape index (κ1) is 14.5. The number of ketones is 1. The van der Waals surface area contributed by atoms with Crippen molar-refractivity contribution in [1.82, 2.24) is 4.90 Å². The van der Waals surface area contributed by atoms with Gasteiger partial charge in [0.05, 0.1) is 0 Å². The average molecular weight is 265 g/mol. The fourth-order valence-electron chi connectivity index (χ4n) is 3.41. The number of amides is 1. The third-order valence-corrected chi connectivity index (χ3v) is 4.72. The van der Waals surface area contributed by atoms with Crippen LogP contribution in [0.25, 0.3) is 0 Å². The summed E-state index contributed by atoms with van der Waals surface area (Å²) in [4.78, 5) is 26.4. The summed E-state index contributed by atoms with van der Waals surface area (Å²) in [7, 11) is 0. The summed E-state index contributed by atoms with van der Waals surface area (Å²) < 4.78 is 0. The lowest BCUT2D eigenvalue weighted by Crippen LogP contribution is -2.47. The van der Waals surface area contributed by atoms with Crippen molar-refractivity contribution in [3.63, 3.8) is 0 Å². The first-order chi connectivity index (χ1) is 9.20. The third kappa shape index (κ3) is 3.80. The number of carbonyl (C=O) groups is 2. The second-order valence-electron chi connectivity index (χ2n) is 6.26. The third-order valence-electron chi connectivity index (χ3n) is 4.72. The zero-order chi connectivity index (χ0) is 13.7. The number of carbonyl (C=O) groups excluding carboxylic acids is 2. The standard InChI is InChI=1S/C16H27NO2/c1-13-9-7-8-12-17(16(19)15(13)18)14-10-5-3-2-4-6-11-14/h13-14H,2-12H2,1H3. The monoisotopic (exact) mass is 265 g/mol. The number of likely N-dealkylation sites (tertiary alicyclic amines) is 1. The SMILES string of the molecule is CC1CCCCN(C2CCCCCCC2)C(=O)C1=O. The van der Waals surface area contributed by atoms with E-state index in [4.69, 9.17) is 0 Å². The quantitative estimate of drug-likeness (QED) is 0.682. The van der Waals surface area contributed by atoms with Gasteiger partial charge < -0.3 is 4.90 Å². The predicted octanol–water partition coefficient (Wildman–Crippen LogP) is 3.32. The maximum absolute atomic E-state index is 12.4. The van der Waals surface area contributed by atoms with Gasteiger partial charge in [0.25, 0.3) is 5.91 Å². The molecule has 1 amide bonds. The lowest BCUT2D eigenvalue weighted by Gasteiger charge is -2.34. The van der Waals surface area contributed by atoms with E-state index in [1.165, 1.54) is 32.1 Å². The molecule has 2 aliphatic rings. The molecule has 19 heavy (non-hydrogen) atoms. The normalized spacial score (nSPS) is 28.5. The van der Waals surface area contributed by atoms with E-state index in [1.54, 1.807) is 0 Å². The molecule has 0 bridgehead atoms. The van der Waals surface area contributed by atoms with Gasteiger partial charge in [-0.2, -0.15) is 0 Å². The summed E-state index contributed by atoms with van der Waals surface area (Å²) >= 11 is 0. The highest BCUT2D eigenvalue weighted by atomic mass is 16.2. The average Bonchev–Trinajstić information content (AvgIpc) is 2.37. The Balaban J connectivity index is 2.05. The van der Waals surface area contributed by atoms with Crippen molar-refractivity contribution in [2.75, 3.05) is 6.54 Å². The van der Waals surface area contributed by atoms with Crippen LogP contribution in [0.15, 0.2) is 0 Å². The minimum atomic E-state index is -0.197. The molecule has 0 radical (unpaired) electrons. The van der Waals surface area contributed by atoms with Crippen molar-refractivity contribution in [2.24, 2.45) is 5.92 Å². The Morgan fingerprint density at radius 2 is 1.42 bits per heavy atom. The smallest absolute Gasteiger partial charge is 0.290 e. The predicted molar refractivity (Wildman–Crippen MR) is 75.8 cm³/mol. The van der Waals surface area contributed by atoms with Crippen molar-refractivity contribution in [3.8, 4) is 0 Å². The van der Waals surface area contributed by atoms with Crippen molar-refractivity contribution >= 4 is 11.7 Å². The van der Waals surface area contributed by atoms with Crippen molar-refractivity contribution in [3.05, 3.63) is 0 Å². The largest absolute Gasteiger partial charge is 0.333 e. The van der Waals surface area contributed by atoms with E-state index >= 15 is 0 Å². The van der Waals surface area contributed by atoms with Crippen LogP contribution in [0, 0.1) is 5.92 Å². The van der Waals surface area contributed by atoms with Crippen LogP contribution in [0.1, 0.15) is 71.1 Å². The maximum atomic E-state index is 12.4. The fourth-order valence-corrected chi connectivity index (χ4v) is 3.41. The Morgan fingerprint density at radius 3 is 2.11 bits per heavy atom. The lowest BCUT2D eigenvalue weighted by molar-refractivity contribution is -0.149. The summed E-state index contributed by atoms with van der Waals surface area (Å²) in [5, 5.41) is 0. The molecule has 1 atom stereocenters. The topological polar surface area (TPSA) is 37.4 Å². The summed E-state index contributed by atoms with van der Waals surface area (Å²) in [6.07, 6.45) is 11.5. The van der Waals surface area contributed by atoms with Gasteiger partial charge in [0.2, 0.25) is 5.78 Å². The van der Waals surface area contributed by atoms with E-state index in [9.17, 15) is 9.59 Å². The van der Waals surface area contributed by atoms with Crippen molar-refractivity contribution < 1.29 is 9.59 Å². The summed E-state index contributed by atoms with van der Waals surface area (Å²) in [5.41, 5.74) is 0. The van der Waals surface area contributed by atoms with Crippen LogP contribution < -0.4 is 0 Å². The van der Waals surface area contributed by atoms with E-state index < -0.39 is 0 Å². The Hall–Kier alpha value is -0.860. The van der Waals surface area contributed by atoms with E-state index in [1.807, 2.05) is 11.8 Å². The zero-order valence-electron chi connectivity index (χ0n) is 12.2. The summed E-state index contributed by atoms with van der Waals surface area (Å²) in [6, 6.07) is 0.321. The van der Waals surface area contributed by atoms with Gasteiger partial charge in [-0.3, -0.25) is 9.59 Å². The molecule has 1 aliphatic heterocycles. The molecular formula is C16H27NO2. The van der Waals surface area contributed by atoms with Gasteiger partial charge in [0.1, 0.15) is 0 Å². The van der Waals surface area contributed by atoms with E-state index in [2.05, 4.69) is 0 Å².